The van der Waals surface area contributed by atoms with Crippen molar-refractivity contribution in [3.8, 4) is 0 Å². The summed E-state index contributed by atoms with van der Waals surface area (Å²) < 4.78 is 16.1. The minimum atomic E-state index is 0.528. The Bertz CT molecular complexity index is 245. The summed E-state index contributed by atoms with van der Waals surface area (Å²) in [6, 6.07) is 0. The van der Waals surface area contributed by atoms with E-state index in [2.05, 4.69) is 23.8 Å². The molecule has 0 saturated carbocycles. The highest BCUT2D eigenvalue weighted by molar-refractivity contribution is 4.90. The van der Waals surface area contributed by atoms with E-state index in [1.54, 1.807) is 0 Å². The zero-order valence-corrected chi connectivity index (χ0v) is 12.3. The highest BCUT2D eigenvalue weighted by Crippen LogP contribution is 1.87. The fraction of sp³-hybridized carbons (Fsp3) is 0.714. The maximum absolute atomic E-state index is 5.37. The first kappa shape index (κ1) is 18.0. The first-order valence-corrected chi connectivity index (χ1v) is 6.71. The van der Waals surface area contributed by atoms with Gasteiger partial charge in [0.15, 0.2) is 0 Å². The van der Waals surface area contributed by atoms with Crippen LogP contribution >= 0.6 is 0 Å². The van der Waals surface area contributed by atoms with Crippen molar-refractivity contribution >= 4 is 0 Å². The largest absolute Gasteiger partial charge is 0.387 e. The molecule has 0 aliphatic carbocycles. The molecule has 0 amide bonds. The second-order valence-corrected chi connectivity index (χ2v) is 4.12. The number of rotatable bonds is 14. The van der Waals surface area contributed by atoms with Crippen LogP contribution in [0.25, 0.3) is 0 Å². The minimum Gasteiger partial charge on any atom is -0.387 e. The zero-order valence-electron chi connectivity index (χ0n) is 12.3. The monoisotopic (exact) mass is 272 g/mol. The third kappa shape index (κ3) is 14.9. The third-order valence-electron chi connectivity index (χ3n) is 2.12. The quantitative estimate of drug-likeness (QED) is 0.467. The Kier molecular flexibility index (Phi) is 12.7. The van der Waals surface area contributed by atoms with Gasteiger partial charge < -0.3 is 24.8 Å². The molecule has 19 heavy (non-hydrogen) atoms. The normalized spacial score (nSPS) is 10.2. The fourth-order valence-electron chi connectivity index (χ4n) is 1.27. The lowest BCUT2D eigenvalue weighted by Gasteiger charge is -2.09. The molecule has 0 bridgehead atoms. The molecule has 0 fully saturated rings. The summed E-state index contributed by atoms with van der Waals surface area (Å²) in [5.74, 6) is 0. The summed E-state index contributed by atoms with van der Waals surface area (Å²) in [5, 5.41) is 6.18. The summed E-state index contributed by atoms with van der Waals surface area (Å²) in [4.78, 5) is 0. The van der Waals surface area contributed by atoms with E-state index in [1.807, 2.05) is 13.8 Å². The maximum Gasteiger partial charge on any atom is 0.0857 e. The molecule has 0 aliphatic heterocycles. The van der Waals surface area contributed by atoms with Crippen LogP contribution in [0, 0.1) is 0 Å². The van der Waals surface area contributed by atoms with Crippen LogP contribution in [0.15, 0.2) is 24.6 Å². The van der Waals surface area contributed by atoms with Crippen molar-refractivity contribution in [1.29, 1.82) is 0 Å². The van der Waals surface area contributed by atoms with E-state index in [-0.39, 0.29) is 0 Å². The molecule has 0 aromatic carbocycles. The van der Waals surface area contributed by atoms with Crippen molar-refractivity contribution in [3.05, 3.63) is 24.6 Å². The smallest absolute Gasteiger partial charge is 0.0857 e. The summed E-state index contributed by atoms with van der Waals surface area (Å²) in [7, 11) is 0. The Labute approximate surface area is 117 Å². The molecule has 0 spiro atoms. The van der Waals surface area contributed by atoms with Gasteiger partial charge in [-0.2, -0.15) is 0 Å². The molecule has 0 aliphatic rings. The third-order valence-corrected chi connectivity index (χ3v) is 2.12. The van der Waals surface area contributed by atoms with Gasteiger partial charge in [-0.3, -0.25) is 0 Å². The predicted octanol–water partition coefficient (Wildman–Crippen LogP) is 1.28. The van der Waals surface area contributed by atoms with Crippen LogP contribution in [-0.2, 0) is 14.2 Å². The molecule has 0 atom stereocenters. The number of hydrogen-bond acceptors (Lipinski definition) is 5. The van der Waals surface area contributed by atoms with E-state index < -0.39 is 0 Å². The van der Waals surface area contributed by atoms with Crippen molar-refractivity contribution in [3.63, 3.8) is 0 Å². The molecule has 5 heteroatoms. The van der Waals surface area contributed by atoms with E-state index in [9.17, 15) is 0 Å². The van der Waals surface area contributed by atoms with Crippen LogP contribution in [0.4, 0.5) is 0 Å². The van der Waals surface area contributed by atoms with Gasteiger partial charge >= 0.3 is 0 Å². The van der Waals surface area contributed by atoms with Gasteiger partial charge in [-0.05, 0) is 13.8 Å². The lowest BCUT2D eigenvalue weighted by atomic mass is 10.5. The summed E-state index contributed by atoms with van der Waals surface area (Å²) in [6.07, 6.45) is 0. The maximum atomic E-state index is 5.37. The predicted molar refractivity (Wildman–Crippen MR) is 78.1 cm³/mol. The van der Waals surface area contributed by atoms with E-state index in [1.165, 1.54) is 0 Å². The second-order valence-electron chi connectivity index (χ2n) is 4.12. The van der Waals surface area contributed by atoms with Crippen molar-refractivity contribution < 1.29 is 14.2 Å². The van der Waals surface area contributed by atoms with Crippen LogP contribution in [0.1, 0.15) is 13.8 Å². The molecule has 0 aromatic rings. The van der Waals surface area contributed by atoms with Gasteiger partial charge in [0, 0.05) is 24.5 Å². The molecule has 0 radical (unpaired) electrons. The van der Waals surface area contributed by atoms with Gasteiger partial charge in [-0.15, -0.1) is 0 Å². The van der Waals surface area contributed by atoms with Gasteiger partial charge in [0.25, 0.3) is 0 Å². The van der Waals surface area contributed by atoms with Gasteiger partial charge in [-0.25, -0.2) is 0 Å². The number of hydrogen-bond donors (Lipinski definition) is 2. The van der Waals surface area contributed by atoms with Crippen molar-refractivity contribution in [2.45, 2.75) is 13.8 Å². The zero-order chi connectivity index (χ0) is 14.3. The van der Waals surface area contributed by atoms with Crippen LogP contribution in [0.3, 0.4) is 0 Å². The Balaban J connectivity index is 3.06. The molecule has 2 N–H and O–H groups in total. The Morgan fingerprint density at radius 1 is 0.895 bits per heavy atom. The van der Waals surface area contributed by atoms with E-state index in [0.717, 1.165) is 24.5 Å². The van der Waals surface area contributed by atoms with Crippen LogP contribution < -0.4 is 10.6 Å². The Morgan fingerprint density at radius 3 is 2.05 bits per heavy atom. The highest BCUT2D eigenvalue weighted by Gasteiger charge is 1.93. The number of ether oxygens (including phenoxy) is 3. The number of allylic oxidation sites excluding steroid dienone is 1. The lowest BCUT2D eigenvalue weighted by molar-refractivity contribution is 0.0189. The standard InChI is InChI=1S/C14H28N2O3/c1-5-15-14(4)12-19-11-10-18-9-8-17-7-6-16-13(2)3/h15-16H,2,4-12H2,1,3H3. The second kappa shape index (κ2) is 13.4. The molecular weight excluding hydrogens is 244 g/mol. The van der Waals surface area contributed by atoms with Gasteiger partial charge in [-0.1, -0.05) is 13.2 Å². The Hall–Kier alpha value is -1.04. The summed E-state index contributed by atoms with van der Waals surface area (Å²) in [5.41, 5.74) is 1.85. The SMILES string of the molecule is C=C(C)NCCOCCOCCOCC(=C)NCC. The topological polar surface area (TPSA) is 51.8 Å². The van der Waals surface area contributed by atoms with Gasteiger partial charge in [0.1, 0.15) is 0 Å². The summed E-state index contributed by atoms with van der Waals surface area (Å²) >= 11 is 0. The van der Waals surface area contributed by atoms with Crippen LogP contribution in [0.2, 0.25) is 0 Å². The minimum absolute atomic E-state index is 0.528. The first-order valence-electron chi connectivity index (χ1n) is 6.71. The molecule has 0 saturated heterocycles. The van der Waals surface area contributed by atoms with Gasteiger partial charge in [0.2, 0.25) is 0 Å². The van der Waals surface area contributed by atoms with E-state index in [0.29, 0.717) is 39.6 Å². The molecule has 0 heterocycles. The van der Waals surface area contributed by atoms with Crippen molar-refractivity contribution in [2.24, 2.45) is 0 Å². The molecular formula is C14H28N2O3. The van der Waals surface area contributed by atoms with Crippen molar-refractivity contribution in [1.82, 2.24) is 10.6 Å². The van der Waals surface area contributed by atoms with E-state index in [4.69, 9.17) is 14.2 Å². The molecule has 0 rings (SSSR count). The highest BCUT2D eigenvalue weighted by atomic mass is 16.5. The number of nitrogens with one attached hydrogen (secondary N) is 2. The van der Waals surface area contributed by atoms with E-state index >= 15 is 0 Å². The number of likely N-dealkylation sites (N-methyl/N-ethyl adjacent to an activating group) is 1. The average molecular weight is 272 g/mol. The van der Waals surface area contributed by atoms with Gasteiger partial charge in [0.05, 0.1) is 39.6 Å². The summed E-state index contributed by atoms with van der Waals surface area (Å²) in [6.45, 7) is 16.7. The fourth-order valence-corrected chi connectivity index (χ4v) is 1.27. The molecule has 0 aromatic heterocycles. The van der Waals surface area contributed by atoms with Crippen LogP contribution in [0.5, 0.6) is 0 Å². The first-order chi connectivity index (χ1) is 9.16. The lowest BCUT2D eigenvalue weighted by Crippen LogP contribution is -2.19. The van der Waals surface area contributed by atoms with Crippen molar-refractivity contribution in [2.75, 3.05) is 52.7 Å². The Morgan fingerprint density at radius 2 is 1.47 bits per heavy atom. The molecule has 5 nitrogen and oxygen atoms in total. The molecule has 112 valence electrons. The van der Waals surface area contributed by atoms with Crippen LogP contribution in [-0.4, -0.2) is 52.7 Å². The molecule has 0 unspecified atom stereocenters. The average Bonchev–Trinajstić information content (AvgIpc) is 2.36.